The summed E-state index contributed by atoms with van der Waals surface area (Å²) in [5.41, 5.74) is 2.83. The third-order valence-electron chi connectivity index (χ3n) is 4.01. The van der Waals surface area contributed by atoms with Crippen molar-refractivity contribution < 1.29 is 4.74 Å². The van der Waals surface area contributed by atoms with Crippen LogP contribution < -0.4 is 5.32 Å². The van der Waals surface area contributed by atoms with Gasteiger partial charge in [-0.2, -0.15) is 0 Å². The fraction of sp³-hybridized carbons (Fsp3) is 0.625. The van der Waals surface area contributed by atoms with Gasteiger partial charge in [-0.1, -0.05) is 38.1 Å². The van der Waals surface area contributed by atoms with Crippen molar-refractivity contribution in [1.82, 2.24) is 5.32 Å². The number of aryl methyl sites for hydroxylation is 1. The number of benzene rings is 1. The molecule has 3 atom stereocenters. The molecule has 0 bridgehead atoms. The van der Waals surface area contributed by atoms with Crippen LogP contribution in [0, 0.1) is 5.92 Å². The maximum absolute atomic E-state index is 5.73. The Morgan fingerprint density at radius 1 is 1.39 bits per heavy atom. The molecule has 1 heterocycles. The summed E-state index contributed by atoms with van der Waals surface area (Å²) in [5, 5.41) is 3.64. The van der Waals surface area contributed by atoms with Crippen LogP contribution in [0.5, 0.6) is 0 Å². The van der Waals surface area contributed by atoms with Gasteiger partial charge in [0.25, 0.3) is 0 Å². The molecular formula is C16H25NO. The molecule has 1 saturated heterocycles. The molecule has 1 aromatic rings. The number of ether oxygens (including phenoxy) is 1. The van der Waals surface area contributed by atoms with Crippen LogP contribution in [0.2, 0.25) is 0 Å². The fourth-order valence-electron chi connectivity index (χ4n) is 2.93. The highest BCUT2D eigenvalue weighted by atomic mass is 16.5. The van der Waals surface area contributed by atoms with E-state index in [1.165, 1.54) is 11.1 Å². The molecule has 3 unspecified atom stereocenters. The van der Waals surface area contributed by atoms with E-state index in [2.05, 4.69) is 50.4 Å². The van der Waals surface area contributed by atoms with E-state index >= 15 is 0 Å². The average molecular weight is 247 g/mol. The van der Waals surface area contributed by atoms with Gasteiger partial charge in [-0.25, -0.2) is 0 Å². The van der Waals surface area contributed by atoms with Crippen molar-refractivity contribution in [3.05, 3.63) is 35.4 Å². The lowest BCUT2D eigenvalue weighted by atomic mass is 9.87. The maximum atomic E-state index is 5.73. The minimum atomic E-state index is 0.360. The highest BCUT2D eigenvalue weighted by Gasteiger charge is 2.32. The third-order valence-corrected chi connectivity index (χ3v) is 4.01. The van der Waals surface area contributed by atoms with Gasteiger partial charge < -0.3 is 10.1 Å². The van der Waals surface area contributed by atoms with Crippen LogP contribution in [0.3, 0.4) is 0 Å². The van der Waals surface area contributed by atoms with Crippen LogP contribution in [0.4, 0.5) is 0 Å². The molecule has 0 aliphatic carbocycles. The highest BCUT2D eigenvalue weighted by molar-refractivity contribution is 5.27. The Bertz CT molecular complexity index is 377. The van der Waals surface area contributed by atoms with Crippen molar-refractivity contribution >= 4 is 0 Å². The van der Waals surface area contributed by atoms with Gasteiger partial charge in [0.05, 0.1) is 6.10 Å². The summed E-state index contributed by atoms with van der Waals surface area (Å²) in [6, 6.07) is 9.41. The second-order valence-electron chi connectivity index (χ2n) is 5.16. The molecule has 0 radical (unpaired) electrons. The quantitative estimate of drug-likeness (QED) is 0.862. The van der Waals surface area contributed by atoms with Crippen LogP contribution in [0.1, 0.15) is 44.4 Å². The van der Waals surface area contributed by atoms with Crippen LogP contribution in [-0.4, -0.2) is 19.3 Å². The normalized spacial score (nSPS) is 25.3. The van der Waals surface area contributed by atoms with Gasteiger partial charge in [0.15, 0.2) is 0 Å². The van der Waals surface area contributed by atoms with E-state index in [1.807, 2.05) is 0 Å². The van der Waals surface area contributed by atoms with Crippen LogP contribution in [0.15, 0.2) is 24.3 Å². The van der Waals surface area contributed by atoms with E-state index in [0.717, 1.165) is 26.0 Å². The molecule has 1 aliphatic heterocycles. The zero-order valence-corrected chi connectivity index (χ0v) is 11.8. The zero-order chi connectivity index (χ0) is 13.0. The van der Waals surface area contributed by atoms with E-state index in [9.17, 15) is 0 Å². The molecule has 0 spiro atoms. The molecule has 18 heavy (non-hydrogen) atoms. The molecular weight excluding hydrogens is 222 g/mol. The first kappa shape index (κ1) is 13.6. The van der Waals surface area contributed by atoms with Crippen molar-refractivity contribution in [3.63, 3.8) is 0 Å². The molecule has 2 nitrogen and oxygen atoms in total. The summed E-state index contributed by atoms with van der Waals surface area (Å²) in [7, 11) is 0. The molecule has 1 aromatic carbocycles. The van der Waals surface area contributed by atoms with Gasteiger partial charge in [-0.15, -0.1) is 0 Å². The van der Waals surface area contributed by atoms with Gasteiger partial charge in [-0.3, -0.25) is 0 Å². The van der Waals surface area contributed by atoms with Crippen molar-refractivity contribution in [3.8, 4) is 0 Å². The number of rotatable bonds is 5. The predicted molar refractivity (Wildman–Crippen MR) is 75.8 cm³/mol. The van der Waals surface area contributed by atoms with E-state index < -0.39 is 0 Å². The lowest BCUT2D eigenvalue weighted by molar-refractivity contribution is 0.0956. The van der Waals surface area contributed by atoms with Crippen LogP contribution in [0.25, 0.3) is 0 Å². The summed E-state index contributed by atoms with van der Waals surface area (Å²) in [6.07, 6.45) is 2.62. The Morgan fingerprint density at radius 2 is 2.22 bits per heavy atom. The lowest BCUT2D eigenvalue weighted by Crippen LogP contribution is -2.31. The van der Waals surface area contributed by atoms with Gasteiger partial charge in [0.2, 0.25) is 0 Å². The molecule has 2 heteroatoms. The van der Waals surface area contributed by atoms with E-state index in [-0.39, 0.29) is 0 Å². The predicted octanol–water partition coefficient (Wildman–Crippen LogP) is 3.32. The Labute approximate surface area is 111 Å². The topological polar surface area (TPSA) is 21.3 Å². The van der Waals surface area contributed by atoms with Gasteiger partial charge in [0.1, 0.15) is 0 Å². The SMILES string of the molecule is CCNC(c1cccc(CC)c1)C1CCOC1C. The van der Waals surface area contributed by atoms with Crippen molar-refractivity contribution in [2.45, 2.75) is 45.8 Å². The second-order valence-corrected chi connectivity index (χ2v) is 5.16. The number of hydrogen-bond acceptors (Lipinski definition) is 2. The molecule has 2 rings (SSSR count). The molecule has 0 aromatic heterocycles. The van der Waals surface area contributed by atoms with Crippen molar-refractivity contribution in [2.75, 3.05) is 13.2 Å². The first-order chi connectivity index (χ1) is 8.76. The van der Waals surface area contributed by atoms with Crippen LogP contribution in [-0.2, 0) is 11.2 Å². The first-order valence-corrected chi connectivity index (χ1v) is 7.20. The minimum absolute atomic E-state index is 0.360. The summed E-state index contributed by atoms with van der Waals surface area (Å²) < 4.78 is 5.73. The molecule has 1 aliphatic rings. The zero-order valence-electron chi connectivity index (χ0n) is 11.8. The summed E-state index contributed by atoms with van der Waals surface area (Å²) in [5.74, 6) is 0.594. The Kier molecular flexibility index (Phi) is 4.79. The largest absolute Gasteiger partial charge is 0.378 e. The van der Waals surface area contributed by atoms with Crippen molar-refractivity contribution in [2.24, 2.45) is 5.92 Å². The highest BCUT2D eigenvalue weighted by Crippen LogP contribution is 2.33. The van der Waals surface area contributed by atoms with Crippen molar-refractivity contribution in [1.29, 1.82) is 0 Å². The molecule has 1 fully saturated rings. The molecule has 100 valence electrons. The standard InChI is InChI=1S/C16H25NO/c1-4-13-7-6-8-14(11-13)16(17-5-2)15-9-10-18-12(15)3/h6-8,11-12,15-17H,4-5,9-10H2,1-3H3. The van der Waals surface area contributed by atoms with E-state index in [4.69, 9.17) is 4.74 Å². The maximum Gasteiger partial charge on any atom is 0.0594 e. The molecule has 0 amide bonds. The Hall–Kier alpha value is -0.860. The molecule has 1 N–H and O–H groups in total. The Morgan fingerprint density at radius 3 is 2.83 bits per heavy atom. The van der Waals surface area contributed by atoms with E-state index in [0.29, 0.717) is 18.1 Å². The summed E-state index contributed by atoms with van der Waals surface area (Å²) in [6.45, 7) is 8.50. The number of hydrogen-bond donors (Lipinski definition) is 1. The molecule has 0 saturated carbocycles. The number of nitrogens with one attached hydrogen (secondary N) is 1. The monoisotopic (exact) mass is 247 g/mol. The minimum Gasteiger partial charge on any atom is -0.378 e. The Balaban J connectivity index is 2.22. The average Bonchev–Trinajstić information content (AvgIpc) is 2.82. The second kappa shape index (κ2) is 6.35. The first-order valence-electron chi connectivity index (χ1n) is 7.20. The third kappa shape index (κ3) is 2.93. The van der Waals surface area contributed by atoms with Gasteiger partial charge in [-0.05, 0) is 37.4 Å². The van der Waals surface area contributed by atoms with Gasteiger partial charge >= 0.3 is 0 Å². The fourth-order valence-corrected chi connectivity index (χ4v) is 2.93. The summed E-state index contributed by atoms with van der Waals surface area (Å²) in [4.78, 5) is 0. The van der Waals surface area contributed by atoms with Crippen LogP contribution >= 0.6 is 0 Å². The smallest absolute Gasteiger partial charge is 0.0594 e. The van der Waals surface area contributed by atoms with Gasteiger partial charge in [0, 0.05) is 18.6 Å². The summed E-state index contributed by atoms with van der Waals surface area (Å²) >= 11 is 0. The lowest BCUT2D eigenvalue weighted by Gasteiger charge is -2.27. The van der Waals surface area contributed by atoms with E-state index in [1.54, 1.807) is 0 Å².